The summed E-state index contributed by atoms with van der Waals surface area (Å²) in [4.78, 5) is 19.9. The Kier molecular flexibility index (Phi) is 2.61. The molecule has 0 aliphatic rings. The fourth-order valence-corrected chi connectivity index (χ4v) is 0.916. The summed E-state index contributed by atoms with van der Waals surface area (Å²) >= 11 is 0. The summed E-state index contributed by atoms with van der Waals surface area (Å²) in [6.07, 6.45) is 3.33. The lowest BCUT2D eigenvalue weighted by molar-refractivity contribution is -0.390. The molecule has 74 valence electrons. The van der Waals surface area contributed by atoms with Gasteiger partial charge in [0.25, 0.3) is 0 Å². The fraction of sp³-hybridized carbons (Fsp3) is 0.143. The van der Waals surface area contributed by atoms with Crippen LogP contribution in [0.2, 0.25) is 0 Å². The lowest BCUT2D eigenvalue weighted by Gasteiger charge is -1.87. The molecule has 14 heavy (non-hydrogen) atoms. The third-order valence-electron chi connectivity index (χ3n) is 1.41. The molecule has 1 N–H and O–H groups in total. The lowest BCUT2D eigenvalue weighted by Crippen LogP contribution is -1.93. The Morgan fingerprint density at radius 2 is 2.43 bits per heavy atom. The minimum absolute atomic E-state index is 0.167. The standard InChI is InChI=1S/C7H7N3O4/c1-9-4-5(2-3-6(11)12)7(8-9)10(13)14/h2-4H,1H3,(H,11,12). The Labute approximate surface area is 78.4 Å². The van der Waals surface area contributed by atoms with Crippen LogP contribution in [0.25, 0.3) is 6.08 Å². The van der Waals surface area contributed by atoms with Gasteiger partial charge in [0.05, 0.1) is 23.9 Å². The van der Waals surface area contributed by atoms with E-state index in [-0.39, 0.29) is 11.4 Å². The summed E-state index contributed by atoms with van der Waals surface area (Å²) in [5.74, 6) is -1.52. The summed E-state index contributed by atoms with van der Waals surface area (Å²) in [5.41, 5.74) is 0.167. The number of aryl methyl sites for hydroxylation is 1. The second-order valence-electron chi connectivity index (χ2n) is 2.51. The van der Waals surface area contributed by atoms with Crippen LogP contribution in [0, 0.1) is 10.1 Å². The van der Waals surface area contributed by atoms with Gasteiger partial charge in [0, 0.05) is 6.08 Å². The molecule has 0 unspecified atom stereocenters. The van der Waals surface area contributed by atoms with E-state index in [9.17, 15) is 14.9 Å². The van der Waals surface area contributed by atoms with E-state index in [4.69, 9.17) is 5.11 Å². The number of carboxylic acid groups (broad SMARTS) is 1. The van der Waals surface area contributed by atoms with Crippen molar-refractivity contribution >= 4 is 17.9 Å². The highest BCUT2D eigenvalue weighted by molar-refractivity contribution is 5.85. The van der Waals surface area contributed by atoms with E-state index in [2.05, 4.69) is 5.10 Å². The Hall–Kier alpha value is -2.18. The SMILES string of the molecule is Cn1cc(C=CC(=O)O)c([N+](=O)[O-])n1. The van der Waals surface area contributed by atoms with E-state index < -0.39 is 10.9 Å². The molecule has 0 saturated carbocycles. The summed E-state index contributed by atoms with van der Waals surface area (Å²) in [5, 5.41) is 22.3. The monoisotopic (exact) mass is 197 g/mol. The third kappa shape index (κ3) is 2.16. The maximum atomic E-state index is 10.4. The quantitative estimate of drug-likeness (QED) is 0.430. The van der Waals surface area contributed by atoms with Crippen molar-refractivity contribution in [2.45, 2.75) is 0 Å². The van der Waals surface area contributed by atoms with Crippen LogP contribution >= 0.6 is 0 Å². The van der Waals surface area contributed by atoms with Gasteiger partial charge in [-0.15, -0.1) is 0 Å². The largest absolute Gasteiger partial charge is 0.478 e. The first-order chi connectivity index (χ1) is 6.50. The first kappa shape index (κ1) is 9.90. The predicted octanol–water partition coefficient (Wildman–Crippen LogP) is 0.426. The van der Waals surface area contributed by atoms with Gasteiger partial charge in [-0.2, -0.15) is 4.68 Å². The van der Waals surface area contributed by atoms with Crippen LogP contribution in [-0.2, 0) is 11.8 Å². The molecular weight excluding hydrogens is 190 g/mol. The van der Waals surface area contributed by atoms with Gasteiger partial charge in [0.1, 0.15) is 0 Å². The van der Waals surface area contributed by atoms with Crippen molar-refractivity contribution < 1.29 is 14.8 Å². The van der Waals surface area contributed by atoms with Gasteiger partial charge >= 0.3 is 11.8 Å². The molecule has 1 aromatic heterocycles. The molecule has 0 spiro atoms. The van der Waals surface area contributed by atoms with Crippen LogP contribution in [0.3, 0.4) is 0 Å². The van der Waals surface area contributed by atoms with Crippen LogP contribution < -0.4 is 0 Å². The van der Waals surface area contributed by atoms with Crippen LogP contribution in [-0.4, -0.2) is 25.8 Å². The van der Waals surface area contributed by atoms with Crippen LogP contribution in [0.15, 0.2) is 12.3 Å². The van der Waals surface area contributed by atoms with Crippen LogP contribution in [0.1, 0.15) is 5.56 Å². The van der Waals surface area contributed by atoms with Crippen molar-refractivity contribution in [2.75, 3.05) is 0 Å². The smallest absolute Gasteiger partial charge is 0.397 e. The predicted molar refractivity (Wildman–Crippen MR) is 46.5 cm³/mol. The first-order valence-electron chi connectivity index (χ1n) is 3.59. The molecule has 0 radical (unpaired) electrons. The minimum Gasteiger partial charge on any atom is -0.478 e. The molecule has 0 bridgehead atoms. The van der Waals surface area contributed by atoms with E-state index in [0.29, 0.717) is 0 Å². The highest BCUT2D eigenvalue weighted by atomic mass is 16.6. The van der Waals surface area contributed by atoms with Crippen molar-refractivity contribution in [1.82, 2.24) is 9.78 Å². The van der Waals surface area contributed by atoms with Crippen LogP contribution in [0.5, 0.6) is 0 Å². The second-order valence-corrected chi connectivity index (χ2v) is 2.51. The van der Waals surface area contributed by atoms with Crippen molar-refractivity contribution in [3.63, 3.8) is 0 Å². The molecule has 7 heteroatoms. The number of hydrogen-bond acceptors (Lipinski definition) is 4. The zero-order valence-electron chi connectivity index (χ0n) is 7.25. The maximum Gasteiger partial charge on any atom is 0.397 e. The second kappa shape index (κ2) is 3.69. The van der Waals surface area contributed by atoms with Crippen molar-refractivity contribution in [3.05, 3.63) is 28.0 Å². The zero-order chi connectivity index (χ0) is 10.7. The summed E-state index contributed by atoms with van der Waals surface area (Å²) in [7, 11) is 1.52. The normalized spacial score (nSPS) is 10.6. The number of aromatic nitrogens is 2. The number of nitro groups is 1. The Morgan fingerprint density at radius 1 is 1.79 bits per heavy atom. The van der Waals surface area contributed by atoms with Gasteiger partial charge in [-0.1, -0.05) is 0 Å². The number of carbonyl (C=O) groups is 1. The van der Waals surface area contributed by atoms with Gasteiger partial charge in [-0.3, -0.25) is 0 Å². The van der Waals surface area contributed by atoms with Crippen molar-refractivity contribution in [2.24, 2.45) is 7.05 Å². The van der Waals surface area contributed by atoms with Crippen LogP contribution in [0.4, 0.5) is 5.82 Å². The van der Waals surface area contributed by atoms with Gasteiger partial charge in [0.2, 0.25) is 0 Å². The summed E-state index contributed by atoms with van der Waals surface area (Å²) in [6, 6.07) is 0. The molecule has 0 saturated heterocycles. The lowest BCUT2D eigenvalue weighted by atomic mass is 10.3. The Morgan fingerprint density at radius 3 is 2.93 bits per heavy atom. The van der Waals surface area contributed by atoms with Crippen molar-refractivity contribution in [3.8, 4) is 0 Å². The Balaban J connectivity index is 3.07. The average Bonchev–Trinajstić information content (AvgIpc) is 2.43. The highest BCUT2D eigenvalue weighted by Crippen LogP contribution is 2.16. The van der Waals surface area contributed by atoms with E-state index >= 15 is 0 Å². The summed E-state index contributed by atoms with van der Waals surface area (Å²) in [6.45, 7) is 0. The first-order valence-corrected chi connectivity index (χ1v) is 3.59. The summed E-state index contributed by atoms with van der Waals surface area (Å²) < 4.78 is 1.25. The highest BCUT2D eigenvalue weighted by Gasteiger charge is 2.16. The number of rotatable bonds is 3. The van der Waals surface area contributed by atoms with Gasteiger partial charge in [-0.05, 0) is 11.0 Å². The van der Waals surface area contributed by atoms with E-state index in [1.54, 1.807) is 0 Å². The molecule has 0 aliphatic heterocycles. The zero-order valence-corrected chi connectivity index (χ0v) is 7.25. The number of nitrogens with zero attached hydrogens (tertiary/aromatic N) is 3. The molecule has 0 amide bonds. The van der Waals surface area contributed by atoms with E-state index in [0.717, 1.165) is 12.2 Å². The average molecular weight is 197 g/mol. The molecule has 1 rings (SSSR count). The third-order valence-corrected chi connectivity index (χ3v) is 1.41. The molecule has 0 aromatic carbocycles. The molecular formula is C7H7N3O4. The topological polar surface area (TPSA) is 98.3 Å². The molecule has 1 heterocycles. The molecule has 7 nitrogen and oxygen atoms in total. The molecule has 1 aromatic rings. The number of carboxylic acids is 1. The number of aliphatic carboxylic acids is 1. The number of hydrogen-bond donors (Lipinski definition) is 1. The van der Waals surface area contributed by atoms with Gasteiger partial charge in [0.15, 0.2) is 0 Å². The van der Waals surface area contributed by atoms with E-state index in [1.807, 2.05) is 0 Å². The Bertz CT molecular complexity index is 407. The van der Waals surface area contributed by atoms with Crippen molar-refractivity contribution in [1.29, 1.82) is 0 Å². The maximum absolute atomic E-state index is 10.4. The van der Waals surface area contributed by atoms with Gasteiger partial charge < -0.3 is 15.2 Å². The van der Waals surface area contributed by atoms with Gasteiger partial charge in [-0.25, -0.2) is 4.79 Å². The molecule has 0 atom stereocenters. The minimum atomic E-state index is -1.16. The fourth-order valence-electron chi connectivity index (χ4n) is 0.916. The molecule has 0 fully saturated rings. The molecule has 0 aliphatic carbocycles. The van der Waals surface area contributed by atoms with E-state index in [1.165, 1.54) is 17.9 Å².